The Morgan fingerprint density at radius 3 is 2.73 bits per heavy atom. The van der Waals surface area contributed by atoms with Gasteiger partial charge < -0.3 is 14.6 Å². The summed E-state index contributed by atoms with van der Waals surface area (Å²) in [5.74, 6) is 0.0651. The number of aliphatic hydroxyl groups is 1. The minimum Gasteiger partial charge on any atom is -0.388 e. The Bertz CT molecular complexity index is 636. The Hall–Kier alpha value is -2.07. The van der Waals surface area contributed by atoms with E-state index in [1.54, 1.807) is 0 Å². The van der Waals surface area contributed by atoms with Crippen LogP contribution in [0.1, 0.15) is 41.4 Å². The zero-order valence-electron chi connectivity index (χ0n) is 12.9. The summed E-state index contributed by atoms with van der Waals surface area (Å²) in [7, 11) is 1.89. The molecule has 2 atom stereocenters. The fourth-order valence-electron chi connectivity index (χ4n) is 3.25. The third kappa shape index (κ3) is 2.92. The Labute approximate surface area is 131 Å². The van der Waals surface area contributed by atoms with Gasteiger partial charge in [-0.25, -0.2) is 0 Å². The first-order valence-electron chi connectivity index (χ1n) is 7.82. The molecule has 0 spiro atoms. The van der Waals surface area contributed by atoms with E-state index in [9.17, 15) is 9.90 Å². The standard InChI is InChI=1S/C18H22N2O2/c1-19-11-6-10-16(19)18(22)20-12-5-9-15(20)13-17(21)14-7-3-2-4-8-14/h2-4,6-8,10-11,15,17,21H,5,9,12-13H2,1H3. The highest BCUT2D eigenvalue weighted by molar-refractivity contribution is 5.93. The molecule has 1 aliphatic heterocycles. The van der Waals surface area contributed by atoms with Gasteiger partial charge >= 0.3 is 0 Å². The van der Waals surface area contributed by atoms with E-state index in [0.717, 1.165) is 24.9 Å². The van der Waals surface area contributed by atoms with Gasteiger partial charge in [0.05, 0.1) is 6.10 Å². The number of hydrogen-bond donors (Lipinski definition) is 1. The molecule has 1 fully saturated rings. The van der Waals surface area contributed by atoms with E-state index in [2.05, 4.69) is 0 Å². The molecule has 4 nitrogen and oxygen atoms in total. The second kappa shape index (κ2) is 6.36. The van der Waals surface area contributed by atoms with Crippen molar-refractivity contribution in [2.75, 3.05) is 6.54 Å². The lowest BCUT2D eigenvalue weighted by Crippen LogP contribution is -2.37. The van der Waals surface area contributed by atoms with Gasteiger partial charge in [-0.05, 0) is 37.0 Å². The van der Waals surface area contributed by atoms with Crippen LogP contribution in [0.15, 0.2) is 48.7 Å². The normalized spacial score (nSPS) is 19.4. The third-order valence-corrected chi connectivity index (χ3v) is 4.48. The maximum atomic E-state index is 12.7. The number of aryl methyl sites for hydroxylation is 1. The molecule has 1 aliphatic rings. The van der Waals surface area contributed by atoms with Crippen LogP contribution in [0, 0.1) is 0 Å². The van der Waals surface area contributed by atoms with Crippen LogP contribution in [-0.4, -0.2) is 33.1 Å². The van der Waals surface area contributed by atoms with Crippen molar-refractivity contribution < 1.29 is 9.90 Å². The summed E-state index contributed by atoms with van der Waals surface area (Å²) in [6, 6.07) is 13.5. The number of carbonyl (C=O) groups is 1. The number of nitrogens with zero attached hydrogens (tertiary/aromatic N) is 2. The number of carbonyl (C=O) groups excluding carboxylic acids is 1. The number of benzene rings is 1. The van der Waals surface area contributed by atoms with Gasteiger partial charge in [0, 0.05) is 25.8 Å². The molecular weight excluding hydrogens is 276 g/mol. The van der Waals surface area contributed by atoms with E-state index in [1.165, 1.54) is 0 Å². The lowest BCUT2D eigenvalue weighted by molar-refractivity contribution is 0.0658. The van der Waals surface area contributed by atoms with Crippen molar-refractivity contribution in [3.63, 3.8) is 0 Å². The van der Waals surface area contributed by atoms with Gasteiger partial charge in [0.1, 0.15) is 5.69 Å². The van der Waals surface area contributed by atoms with Gasteiger partial charge in [-0.3, -0.25) is 4.79 Å². The first kappa shape index (κ1) is 14.9. The summed E-state index contributed by atoms with van der Waals surface area (Å²) in [6.07, 6.45) is 3.92. The molecule has 2 heterocycles. The molecule has 3 rings (SSSR count). The molecule has 1 aromatic carbocycles. The van der Waals surface area contributed by atoms with Crippen LogP contribution in [-0.2, 0) is 7.05 Å². The van der Waals surface area contributed by atoms with Crippen LogP contribution in [0.25, 0.3) is 0 Å². The summed E-state index contributed by atoms with van der Waals surface area (Å²) in [4.78, 5) is 14.6. The van der Waals surface area contributed by atoms with Crippen molar-refractivity contribution in [3.05, 3.63) is 59.9 Å². The maximum absolute atomic E-state index is 12.7. The first-order chi connectivity index (χ1) is 10.7. The van der Waals surface area contributed by atoms with Gasteiger partial charge in [0.15, 0.2) is 0 Å². The van der Waals surface area contributed by atoms with E-state index < -0.39 is 6.10 Å². The van der Waals surface area contributed by atoms with Crippen molar-refractivity contribution in [1.82, 2.24) is 9.47 Å². The van der Waals surface area contributed by atoms with E-state index in [-0.39, 0.29) is 11.9 Å². The quantitative estimate of drug-likeness (QED) is 0.943. The minimum absolute atomic E-state index is 0.0651. The van der Waals surface area contributed by atoms with Crippen molar-refractivity contribution in [1.29, 1.82) is 0 Å². The highest BCUT2D eigenvalue weighted by Crippen LogP contribution is 2.28. The molecule has 116 valence electrons. The molecule has 2 unspecified atom stereocenters. The number of aliphatic hydroxyl groups excluding tert-OH is 1. The van der Waals surface area contributed by atoms with Gasteiger partial charge in [0.2, 0.25) is 0 Å². The van der Waals surface area contributed by atoms with Crippen LogP contribution >= 0.6 is 0 Å². The smallest absolute Gasteiger partial charge is 0.270 e. The summed E-state index contributed by atoms with van der Waals surface area (Å²) in [5, 5.41) is 10.4. The number of amides is 1. The van der Waals surface area contributed by atoms with Crippen molar-refractivity contribution >= 4 is 5.91 Å². The van der Waals surface area contributed by atoms with Crippen LogP contribution in [0.5, 0.6) is 0 Å². The summed E-state index contributed by atoms with van der Waals surface area (Å²) < 4.78 is 1.85. The fourth-order valence-corrected chi connectivity index (χ4v) is 3.25. The van der Waals surface area contributed by atoms with Gasteiger partial charge in [-0.2, -0.15) is 0 Å². The first-order valence-corrected chi connectivity index (χ1v) is 7.82. The molecule has 22 heavy (non-hydrogen) atoms. The third-order valence-electron chi connectivity index (χ3n) is 4.48. The molecule has 1 saturated heterocycles. The Kier molecular flexibility index (Phi) is 4.29. The van der Waals surface area contributed by atoms with Crippen molar-refractivity contribution in [3.8, 4) is 0 Å². The zero-order chi connectivity index (χ0) is 15.5. The van der Waals surface area contributed by atoms with Crippen LogP contribution in [0.3, 0.4) is 0 Å². The van der Waals surface area contributed by atoms with Gasteiger partial charge in [-0.1, -0.05) is 30.3 Å². The Morgan fingerprint density at radius 2 is 2.05 bits per heavy atom. The summed E-state index contributed by atoms with van der Waals surface area (Å²) in [5.41, 5.74) is 1.63. The number of rotatable bonds is 4. The van der Waals surface area contributed by atoms with Crippen LogP contribution in [0.2, 0.25) is 0 Å². The predicted octanol–water partition coefficient (Wildman–Crippen LogP) is 2.75. The average molecular weight is 298 g/mol. The number of aromatic nitrogens is 1. The lowest BCUT2D eigenvalue weighted by Gasteiger charge is -2.27. The lowest BCUT2D eigenvalue weighted by atomic mass is 10.0. The summed E-state index contributed by atoms with van der Waals surface area (Å²) >= 11 is 0. The molecule has 1 aromatic heterocycles. The molecule has 4 heteroatoms. The number of likely N-dealkylation sites (tertiary alicyclic amines) is 1. The summed E-state index contributed by atoms with van der Waals surface area (Å²) in [6.45, 7) is 0.774. The fraction of sp³-hybridized carbons (Fsp3) is 0.389. The van der Waals surface area contributed by atoms with Crippen molar-refractivity contribution in [2.24, 2.45) is 7.05 Å². The average Bonchev–Trinajstić information content (AvgIpc) is 3.16. The van der Waals surface area contributed by atoms with E-state index in [4.69, 9.17) is 0 Å². The molecule has 0 aliphatic carbocycles. The molecule has 0 radical (unpaired) electrons. The van der Waals surface area contributed by atoms with Gasteiger partial charge in [0.25, 0.3) is 5.91 Å². The molecule has 0 bridgehead atoms. The van der Waals surface area contributed by atoms with Gasteiger partial charge in [-0.15, -0.1) is 0 Å². The monoisotopic (exact) mass is 298 g/mol. The maximum Gasteiger partial charge on any atom is 0.270 e. The molecule has 2 aromatic rings. The largest absolute Gasteiger partial charge is 0.388 e. The van der Waals surface area contributed by atoms with Crippen molar-refractivity contribution in [2.45, 2.75) is 31.4 Å². The highest BCUT2D eigenvalue weighted by atomic mass is 16.3. The zero-order valence-corrected chi connectivity index (χ0v) is 12.9. The molecule has 1 N–H and O–H groups in total. The van der Waals surface area contributed by atoms with Crippen LogP contribution < -0.4 is 0 Å². The molecular formula is C18H22N2O2. The van der Waals surface area contributed by atoms with E-state index in [0.29, 0.717) is 12.1 Å². The Morgan fingerprint density at radius 1 is 1.27 bits per heavy atom. The molecule has 0 saturated carbocycles. The molecule has 1 amide bonds. The van der Waals surface area contributed by atoms with E-state index >= 15 is 0 Å². The predicted molar refractivity (Wildman–Crippen MR) is 85.5 cm³/mol. The van der Waals surface area contributed by atoms with E-state index in [1.807, 2.05) is 65.2 Å². The SMILES string of the molecule is Cn1cccc1C(=O)N1CCCC1CC(O)c1ccccc1. The second-order valence-electron chi connectivity index (χ2n) is 5.96. The van der Waals surface area contributed by atoms with Crippen LogP contribution in [0.4, 0.5) is 0 Å². The second-order valence-corrected chi connectivity index (χ2v) is 5.96. The topological polar surface area (TPSA) is 45.5 Å². The Balaban J connectivity index is 1.71. The minimum atomic E-state index is -0.520. The number of hydrogen-bond acceptors (Lipinski definition) is 2. The highest BCUT2D eigenvalue weighted by Gasteiger charge is 2.31.